The third kappa shape index (κ3) is 3.28. The molecule has 0 saturated carbocycles. The van der Waals surface area contributed by atoms with Gasteiger partial charge in [-0.25, -0.2) is 13.3 Å². The number of anilines is 2. The lowest BCUT2D eigenvalue weighted by Crippen LogP contribution is -2.29. The molecule has 0 unspecified atom stereocenters. The quantitative estimate of drug-likeness (QED) is 0.385. The third-order valence-corrected chi connectivity index (χ3v) is 7.25. The molecule has 0 aliphatic carbocycles. The summed E-state index contributed by atoms with van der Waals surface area (Å²) in [5.41, 5.74) is 1.42. The number of nitrogens with zero attached hydrogens (tertiary/aromatic N) is 1. The van der Waals surface area contributed by atoms with E-state index in [0.717, 1.165) is 9.37 Å². The zero-order chi connectivity index (χ0) is 22.5. The van der Waals surface area contributed by atoms with Gasteiger partial charge in [-0.05, 0) is 48.5 Å². The number of benzene rings is 4. The van der Waals surface area contributed by atoms with Gasteiger partial charge in [0.15, 0.2) is 0 Å². The molecule has 1 aliphatic heterocycles. The summed E-state index contributed by atoms with van der Waals surface area (Å²) in [5.74, 6) is -0.862. The minimum atomic E-state index is -3.93. The van der Waals surface area contributed by atoms with Gasteiger partial charge in [0.2, 0.25) is 0 Å². The van der Waals surface area contributed by atoms with Crippen LogP contribution in [0.3, 0.4) is 0 Å². The van der Waals surface area contributed by atoms with Gasteiger partial charge in [-0.1, -0.05) is 52.3 Å². The summed E-state index contributed by atoms with van der Waals surface area (Å²) in [4.78, 5) is 27.1. The third-order valence-electron chi connectivity index (χ3n) is 5.28. The van der Waals surface area contributed by atoms with Gasteiger partial charge >= 0.3 is 0 Å². The van der Waals surface area contributed by atoms with Gasteiger partial charge in [0.05, 0.1) is 21.7 Å². The highest BCUT2D eigenvalue weighted by Crippen LogP contribution is 2.36. The molecule has 4 aromatic rings. The molecule has 0 radical (unpaired) electrons. The molecule has 32 heavy (non-hydrogen) atoms. The molecule has 5 rings (SSSR count). The van der Waals surface area contributed by atoms with E-state index in [1.165, 1.54) is 12.1 Å². The van der Waals surface area contributed by atoms with Crippen molar-refractivity contribution in [2.45, 2.75) is 4.90 Å². The van der Waals surface area contributed by atoms with E-state index < -0.39 is 21.8 Å². The van der Waals surface area contributed by atoms with Crippen molar-refractivity contribution in [2.75, 3.05) is 9.62 Å². The molecule has 0 spiro atoms. The van der Waals surface area contributed by atoms with Gasteiger partial charge in [-0.15, -0.1) is 0 Å². The van der Waals surface area contributed by atoms with E-state index in [2.05, 4.69) is 20.7 Å². The summed E-state index contributed by atoms with van der Waals surface area (Å²) >= 11 is 3.33. The zero-order valence-electron chi connectivity index (χ0n) is 16.4. The molecule has 1 aliphatic rings. The number of carbonyl (C=O) groups excluding carboxylic acids is 2. The topological polar surface area (TPSA) is 83.6 Å². The van der Waals surface area contributed by atoms with E-state index in [-0.39, 0.29) is 4.90 Å². The highest BCUT2D eigenvalue weighted by atomic mass is 79.9. The maximum absolute atomic E-state index is 13.2. The minimum absolute atomic E-state index is 0.0522. The predicted octanol–water partition coefficient (Wildman–Crippen LogP) is 5.20. The van der Waals surface area contributed by atoms with Crippen LogP contribution < -0.4 is 9.62 Å². The summed E-state index contributed by atoms with van der Waals surface area (Å²) in [6.45, 7) is 0. The first-order valence-electron chi connectivity index (χ1n) is 9.65. The molecule has 4 aromatic carbocycles. The lowest BCUT2D eigenvalue weighted by molar-refractivity contribution is 0.0926. The lowest BCUT2D eigenvalue weighted by atomic mass is 10.1. The molecule has 8 heteroatoms. The molecule has 0 bridgehead atoms. The summed E-state index contributed by atoms with van der Waals surface area (Å²) in [6.07, 6.45) is 0. The van der Waals surface area contributed by atoms with Gasteiger partial charge in [0.25, 0.3) is 21.8 Å². The Hall–Kier alpha value is -3.49. The Bertz CT molecular complexity index is 1480. The predicted molar refractivity (Wildman–Crippen MR) is 126 cm³/mol. The number of sulfonamides is 1. The second-order valence-electron chi connectivity index (χ2n) is 7.23. The molecular weight excluding hydrogens is 492 g/mol. The second-order valence-corrected chi connectivity index (χ2v) is 9.80. The molecule has 158 valence electrons. The second kappa shape index (κ2) is 7.58. The Morgan fingerprint density at radius 3 is 1.88 bits per heavy atom. The average molecular weight is 507 g/mol. The standard InChI is InChI=1S/C24H15BrN2O4S/c25-15-9-11-16(12-10-15)26-32(30,31)22-14-13-21(17-5-1-2-6-18(17)22)27-23(28)19-7-3-4-8-20(19)24(27)29/h1-14,26H. The molecule has 0 atom stereocenters. The SMILES string of the molecule is O=C1c2ccccc2C(=O)N1c1ccc(S(=O)(=O)Nc2ccc(Br)cc2)c2ccccc12. The summed E-state index contributed by atoms with van der Waals surface area (Å²) in [7, 11) is -3.93. The van der Waals surface area contributed by atoms with Crippen LogP contribution in [0.25, 0.3) is 10.8 Å². The van der Waals surface area contributed by atoms with Crippen LogP contribution in [0.5, 0.6) is 0 Å². The summed E-state index contributed by atoms with van der Waals surface area (Å²) in [6, 6.07) is 23.1. The van der Waals surface area contributed by atoms with Crippen LogP contribution in [0.4, 0.5) is 11.4 Å². The lowest BCUT2D eigenvalue weighted by Gasteiger charge is -2.18. The van der Waals surface area contributed by atoms with Crippen molar-refractivity contribution >= 4 is 59.9 Å². The molecule has 0 fully saturated rings. The Morgan fingerprint density at radius 2 is 1.25 bits per heavy atom. The van der Waals surface area contributed by atoms with Crippen molar-refractivity contribution in [3.05, 3.63) is 101 Å². The monoisotopic (exact) mass is 506 g/mol. The molecule has 0 aromatic heterocycles. The fourth-order valence-corrected chi connectivity index (χ4v) is 5.36. The van der Waals surface area contributed by atoms with Crippen molar-refractivity contribution in [3.8, 4) is 0 Å². The normalized spacial score (nSPS) is 13.5. The van der Waals surface area contributed by atoms with Crippen LogP contribution in [0.2, 0.25) is 0 Å². The molecule has 2 amide bonds. The Morgan fingerprint density at radius 1 is 0.688 bits per heavy atom. The molecule has 6 nitrogen and oxygen atoms in total. The number of fused-ring (bicyclic) bond motifs is 2. The summed E-state index contributed by atoms with van der Waals surface area (Å²) < 4.78 is 29.7. The van der Waals surface area contributed by atoms with Crippen LogP contribution >= 0.6 is 15.9 Å². The van der Waals surface area contributed by atoms with Crippen LogP contribution in [-0.4, -0.2) is 20.2 Å². The first kappa shape index (κ1) is 20.4. The number of carbonyl (C=O) groups is 2. The Kier molecular flexibility index (Phi) is 4.83. The first-order chi connectivity index (χ1) is 15.4. The largest absolute Gasteiger partial charge is 0.280 e. The number of halogens is 1. The van der Waals surface area contributed by atoms with Crippen molar-refractivity contribution in [1.29, 1.82) is 0 Å². The number of amides is 2. The molecule has 1 heterocycles. The maximum atomic E-state index is 13.2. The zero-order valence-corrected chi connectivity index (χ0v) is 18.9. The molecular formula is C24H15BrN2O4S. The van der Waals surface area contributed by atoms with Crippen LogP contribution in [0, 0.1) is 0 Å². The van der Waals surface area contributed by atoms with Crippen molar-refractivity contribution in [2.24, 2.45) is 0 Å². The van der Waals surface area contributed by atoms with Crippen LogP contribution in [0.1, 0.15) is 20.7 Å². The smallest absolute Gasteiger partial charge is 0.266 e. The van der Waals surface area contributed by atoms with E-state index in [4.69, 9.17) is 0 Å². The van der Waals surface area contributed by atoms with E-state index >= 15 is 0 Å². The van der Waals surface area contributed by atoms with E-state index in [1.807, 2.05) is 0 Å². The van der Waals surface area contributed by atoms with E-state index in [9.17, 15) is 18.0 Å². The van der Waals surface area contributed by atoms with Gasteiger partial charge in [0, 0.05) is 20.9 Å². The highest BCUT2D eigenvalue weighted by Gasteiger charge is 2.37. The first-order valence-corrected chi connectivity index (χ1v) is 11.9. The summed E-state index contributed by atoms with van der Waals surface area (Å²) in [5, 5.41) is 0.895. The van der Waals surface area contributed by atoms with Gasteiger partial charge in [-0.2, -0.15) is 0 Å². The molecule has 0 saturated heterocycles. The van der Waals surface area contributed by atoms with Crippen molar-refractivity contribution in [3.63, 3.8) is 0 Å². The van der Waals surface area contributed by atoms with Gasteiger partial charge in [0.1, 0.15) is 0 Å². The van der Waals surface area contributed by atoms with Crippen molar-refractivity contribution < 1.29 is 18.0 Å². The minimum Gasteiger partial charge on any atom is -0.280 e. The number of nitrogens with one attached hydrogen (secondary N) is 1. The van der Waals surface area contributed by atoms with Gasteiger partial charge < -0.3 is 0 Å². The fraction of sp³-hybridized carbons (Fsp3) is 0. The van der Waals surface area contributed by atoms with E-state index in [1.54, 1.807) is 72.8 Å². The average Bonchev–Trinajstić information content (AvgIpc) is 3.05. The van der Waals surface area contributed by atoms with Crippen LogP contribution in [0.15, 0.2) is 94.3 Å². The number of rotatable bonds is 4. The maximum Gasteiger partial charge on any atom is 0.266 e. The van der Waals surface area contributed by atoms with Crippen molar-refractivity contribution in [1.82, 2.24) is 0 Å². The number of hydrogen-bond acceptors (Lipinski definition) is 4. The highest BCUT2D eigenvalue weighted by molar-refractivity contribution is 9.10. The number of imide groups is 1. The Labute approximate surface area is 192 Å². The van der Waals surface area contributed by atoms with E-state index in [0.29, 0.717) is 33.3 Å². The number of hydrogen-bond donors (Lipinski definition) is 1. The van der Waals surface area contributed by atoms with Gasteiger partial charge in [-0.3, -0.25) is 14.3 Å². The molecule has 1 N–H and O–H groups in total. The Balaban J connectivity index is 1.62. The fourth-order valence-electron chi connectivity index (χ4n) is 3.82. The van der Waals surface area contributed by atoms with Crippen LogP contribution in [-0.2, 0) is 10.0 Å².